The molecule has 0 saturated carbocycles. The lowest BCUT2D eigenvalue weighted by Gasteiger charge is -2.06. The van der Waals surface area contributed by atoms with Crippen molar-refractivity contribution in [3.8, 4) is 17.2 Å². The van der Waals surface area contributed by atoms with Crippen LogP contribution >= 0.6 is 0 Å². The summed E-state index contributed by atoms with van der Waals surface area (Å²) in [6.45, 7) is 7.37. The lowest BCUT2D eigenvalue weighted by molar-refractivity contribution is 0.401. The molecular formula is C18H16O4. The van der Waals surface area contributed by atoms with E-state index in [-0.39, 0.29) is 17.2 Å². The number of hydrogen-bond acceptors (Lipinski definition) is 4. The third kappa shape index (κ3) is 2.00. The van der Waals surface area contributed by atoms with Crippen molar-refractivity contribution in [2.45, 2.75) is 12.8 Å². The molecule has 0 saturated heterocycles. The highest BCUT2D eigenvalue weighted by molar-refractivity contribution is 6.10. The van der Waals surface area contributed by atoms with Crippen LogP contribution in [0.15, 0.2) is 47.9 Å². The average molecular weight is 296 g/mol. The van der Waals surface area contributed by atoms with Crippen molar-refractivity contribution in [2.24, 2.45) is 0 Å². The molecule has 0 unspecified atom stereocenters. The molecule has 0 amide bonds. The molecule has 0 atom stereocenters. The maximum Gasteiger partial charge on any atom is 0.177 e. The Labute approximate surface area is 127 Å². The van der Waals surface area contributed by atoms with Gasteiger partial charge in [0.05, 0.1) is 0 Å². The van der Waals surface area contributed by atoms with E-state index in [1.165, 1.54) is 6.07 Å². The maximum atomic E-state index is 10.2. The fourth-order valence-electron chi connectivity index (χ4n) is 2.76. The minimum Gasteiger partial charge on any atom is -0.504 e. The molecule has 4 heteroatoms. The fourth-order valence-corrected chi connectivity index (χ4v) is 2.76. The molecular weight excluding hydrogens is 280 g/mol. The second-order valence-corrected chi connectivity index (χ2v) is 5.18. The van der Waals surface area contributed by atoms with E-state index in [0.29, 0.717) is 40.3 Å². The Balaban J connectivity index is 2.47. The van der Waals surface area contributed by atoms with E-state index in [4.69, 9.17) is 4.42 Å². The predicted octanol–water partition coefficient (Wildman–Crippen LogP) is 4.16. The lowest BCUT2D eigenvalue weighted by Crippen LogP contribution is -1.86. The molecule has 4 nitrogen and oxygen atoms in total. The van der Waals surface area contributed by atoms with Crippen LogP contribution in [-0.4, -0.2) is 15.3 Å². The molecule has 0 aliphatic rings. The van der Waals surface area contributed by atoms with Crippen LogP contribution in [0.4, 0.5) is 0 Å². The zero-order valence-electron chi connectivity index (χ0n) is 12.0. The highest BCUT2D eigenvalue weighted by Crippen LogP contribution is 2.43. The number of furan rings is 1. The minimum absolute atomic E-state index is 0.0223. The van der Waals surface area contributed by atoms with E-state index < -0.39 is 0 Å². The van der Waals surface area contributed by atoms with Crippen molar-refractivity contribution >= 4 is 21.9 Å². The molecule has 112 valence electrons. The summed E-state index contributed by atoms with van der Waals surface area (Å²) in [5.74, 6) is -0.424. The van der Waals surface area contributed by atoms with Gasteiger partial charge in [0.15, 0.2) is 22.8 Å². The van der Waals surface area contributed by atoms with Gasteiger partial charge >= 0.3 is 0 Å². The largest absolute Gasteiger partial charge is 0.504 e. The first kappa shape index (κ1) is 14.1. The zero-order chi connectivity index (χ0) is 15.9. The van der Waals surface area contributed by atoms with Crippen molar-refractivity contribution in [3.05, 3.63) is 54.6 Å². The molecule has 0 aliphatic carbocycles. The number of benzene rings is 2. The summed E-state index contributed by atoms with van der Waals surface area (Å²) < 4.78 is 5.66. The Morgan fingerprint density at radius 3 is 2.36 bits per heavy atom. The number of rotatable bonds is 4. The number of hydrogen-bond donors (Lipinski definition) is 3. The van der Waals surface area contributed by atoms with Crippen LogP contribution < -0.4 is 0 Å². The minimum atomic E-state index is -0.255. The van der Waals surface area contributed by atoms with Gasteiger partial charge < -0.3 is 19.7 Å². The molecule has 1 heterocycles. The number of phenolic OH excluding ortho intramolecular Hbond substituents is 3. The molecule has 0 radical (unpaired) electrons. The van der Waals surface area contributed by atoms with Gasteiger partial charge in [-0.3, -0.25) is 0 Å². The summed E-state index contributed by atoms with van der Waals surface area (Å²) in [6, 6.07) is 4.87. The summed E-state index contributed by atoms with van der Waals surface area (Å²) in [5, 5.41) is 31.5. The molecule has 3 aromatic rings. The van der Waals surface area contributed by atoms with Gasteiger partial charge in [-0.15, -0.1) is 13.2 Å². The van der Waals surface area contributed by atoms with Gasteiger partial charge in [-0.1, -0.05) is 12.2 Å². The standard InChI is InChI=1S/C18H16O4/c1-3-5-10-7-12-16-11(6-4-2)17(21)13(19)9-15(16)22-18(12)14(20)8-10/h3-4,7-9,19-21H,1-2,5-6H2. The molecule has 0 fully saturated rings. The van der Waals surface area contributed by atoms with Crippen LogP contribution in [0.2, 0.25) is 0 Å². The van der Waals surface area contributed by atoms with Crippen LogP contribution in [0.5, 0.6) is 17.2 Å². The first-order valence-corrected chi connectivity index (χ1v) is 6.90. The van der Waals surface area contributed by atoms with E-state index >= 15 is 0 Å². The molecule has 0 bridgehead atoms. The highest BCUT2D eigenvalue weighted by atomic mass is 16.4. The summed E-state index contributed by atoms with van der Waals surface area (Å²) >= 11 is 0. The van der Waals surface area contributed by atoms with E-state index in [1.54, 1.807) is 18.2 Å². The van der Waals surface area contributed by atoms with Crippen LogP contribution in [0.3, 0.4) is 0 Å². The predicted molar refractivity (Wildman–Crippen MR) is 86.5 cm³/mol. The SMILES string of the molecule is C=CCc1cc(O)c2oc3cc(O)c(O)c(CC=C)c3c2c1. The fraction of sp³-hybridized carbons (Fsp3) is 0.111. The Bertz CT molecular complexity index is 903. The third-order valence-corrected chi connectivity index (χ3v) is 3.68. The second kappa shape index (κ2) is 5.15. The first-order chi connectivity index (χ1) is 10.6. The summed E-state index contributed by atoms with van der Waals surface area (Å²) in [5.41, 5.74) is 2.16. The molecule has 3 N–H and O–H groups in total. The molecule has 3 rings (SSSR count). The number of aromatic hydroxyl groups is 3. The van der Waals surface area contributed by atoms with Gasteiger partial charge in [0.2, 0.25) is 0 Å². The molecule has 2 aromatic carbocycles. The maximum absolute atomic E-state index is 10.2. The summed E-state index contributed by atoms with van der Waals surface area (Å²) in [7, 11) is 0. The number of phenols is 3. The summed E-state index contributed by atoms with van der Waals surface area (Å²) in [4.78, 5) is 0. The molecule has 0 aliphatic heterocycles. The Morgan fingerprint density at radius 1 is 0.955 bits per heavy atom. The van der Waals surface area contributed by atoms with E-state index in [2.05, 4.69) is 13.2 Å². The zero-order valence-corrected chi connectivity index (χ0v) is 12.0. The monoisotopic (exact) mass is 296 g/mol. The highest BCUT2D eigenvalue weighted by Gasteiger charge is 2.19. The van der Waals surface area contributed by atoms with Crippen molar-refractivity contribution in [1.82, 2.24) is 0 Å². The Kier molecular flexibility index (Phi) is 3.29. The Morgan fingerprint density at radius 2 is 1.68 bits per heavy atom. The van der Waals surface area contributed by atoms with Gasteiger partial charge in [-0.2, -0.15) is 0 Å². The van der Waals surface area contributed by atoms with Gasteiger partial charge in [-0.25, -0.2) is 0 Å². The summed E-state index contributed by atoms with van der Waals surface area (Å²) in [6.07, 6.45) is 4.37. The number of fused-ring (bicyclic) bond motifs is 3. The smallest absolute Gasteiger partial charge is 0.177 e. The van der Waals surface area contributed by atoms with Crippen LogP contribution in [0.1, 0.15) is 11.1 Å². The van der Waals surface area contributed by atoms with Crippen LogP contribution in [-0.2, 0) is 12.8 Å². The normalized spacial score (nSPS) is 11.1. The molecule has 22 heavy (non-hydrogen) atoms. The number of allylic oxidation sites excluding steroid dienone is 2. The van der Waals surface area contributed by atoms with Crippen LogP contribution in [0, 0.1) is 0 Å². The van der Waals surface area contributed by atoms with E-state index in [1.807, 2.05) is 6.07 Å². The van der Waals surface area contributed by atoms with Gasteiger partial charge in [-0.05, 0) is 30.5 Å². The van der Waals surface area contributed by atoms with Gasteiger partial charge in [0, 0.05) is 22.4 Å². The second-order valence-electron chi connectivity index (χ2n) is 5.18. The molecule has 1 aromatic heterocycles. The van der Waals surface area contributed by atoms with Crippen molar-refractivity contribution < 1.29 is 19.7 Å². The average Bonchev–Trinajstić information content (AvgIpc) is 2.83. The van der Waals surface area contributed by atoms with Crippen molar-refractivity contribution in [3.63, 3.8) is 0 Å². The first-order valence-electron chi connectivity index (χ1n) is 6.90. The molecule has 0 spiro atoms. The lowest BCUT2D eigenvalue weighted by atomic mass is 10.00. The van der Waals surface area contributed by atoms with Gasteiger partial charge in [0.1, 0.15) is 5.58 Å². The van der Waals surface area contributed by atoms with Crippen molar-refractivity contribution in [1.29, 1.82) is 0 Å². The van der Waals surface area contributed by atoms with Crippen molar-refractivity contribution in [2.75, 3.05) is 0 Å². The van der Waals surface area contributed by atoms with E-state index in [9.17, 15) is 15.3 Å². The van der Waals surface area contributed by atoms with Gasteiger partial charge in [0.25, 0.3) is 0 Å². The quantitative estimate of drug-likeness (QED) is 0.499. The third-order valence-electron chi connectivity index (χ3n) is 3.68. The Hall–Kier alpha value is -2.88. The van der Waals surface area contributed by atoms with E-state index in [0.717, 1.165) is 5.56 Å². The topological polar surface area (TPSA) is 73.8 Å². The van der Waals surface area contributed by atoms with Crippen LogP contribution in [0.25, 0.3) is 21.9 Å².